The fraction of sp³-hybridized carbons (Fsp3) is 0.333. The molecule has 1 aliphatic carbocycles. The first kappa shape index (κ1) is 6.95. The zero-order valence-corrected chi connectivity index (χ0v) is 5.36. The van der Waals surface area contributed by atoms with Crippen molar-refractivity contribution >= 4 is 0 Å². The molecule has 0 fully saturated rings. The molecule has 0 aliphatic heterocycles. The molecule has 0 aromatic rings. The fourth-order valence-corrected chi connectivity index (χ4v) is 0.761. The Morgan fingerprint density at radius 3 is 2.90 bits per heavy atom. The number of hydrogen-bond donors (Lipinski definition) is 1. The van der Waals surface area contributed by atoms with Gasteiger partial charge < -0.3 is 5.73 Å². The summed E-state index contributed by atoms with van der Waals surface area (Å²) in [5.41, 5.74) is 5.58. The summed E-state index contributed by atoms with van der Waals surface area (Å²) in [5.74, 6) is 0. The van der Waals surface area contributed by atoms with Crippen molar-refractivity contribution in [2.75, 3.05) is 0 Å². The fourth-order valence-electron chi connectivity index (χ4n) is 0.761. The van der Waals surface area contributed by atoms with Crippen LogP contribution in [0.1, 0.15) is 6.42 Å². The van der Waals surface area contributed by atoms with Crippen LogP contribution < -0.4 is 5.73 Å². The van der Waals surface area contributed by atoms with E-state index >= 15 is 0 Å². The molecule has 4 nitrogen and oxygen atoms in total. The molecule has 0 radical (unpaired) electrons. The average Bonchev–Trinajstić information content (AvgIpc) is 1.88. The molecule has 10 heavy (non-hydrogen) atoms. The Kier molecular flexibility index (Phi) is 1.82. The summed E-state index contributed by atoms with van der Waals surface area (Å²) in [5, 5.41) is 10.1. The van der Waals surface area contributed by atoms with E-state index in [0.717, 1.165) is 0 Å². The predicted octanol–water partition coefficient (Wildman–Crippen LogP) is 0.434. The molecule has 1 rings (SSSR count). The molecule has 0 heterocycles. The minimum Gasteiger partial charge on any atom is -0.324 e. The minimum absolute atomic E-state index is 0.0521. The molecule has 0 amide bonds. The van der Waals surface area contributed by atoms with Gasteiger partial charge in [-0.05, 0) is 12.5 Å². The van der Waals surface area contributed by atoms with Crippen molar-refractivity contribution < 1.29 is 4.92 Å². The molecule has 0 saturated carbocycles. The Morgan fingerprint density at radius 2 is 2.50 bits per heavy atom. The van der Waals surface area contributed by atoms with Crippen molar-refractivity contribution in [1.29, 1.82) is 0 Å². The van der Waals surface area contributed by atoms with Crippen LogP contribution in [-0.2, 0) is 0 Å². The molecule has 0 aromatic heterocycles. The molecule has 1 aliphatic rings. The van der Waals surface area contributed by atoms with E-state index in [1.54, 1.807) is 6.08 Å². The summed E-state index contributed by atoms with van der Waals surface area (Å²) < 4.78 is 0. The van der Waals surface area contributed by atoms with Gasteiger partial charge in [-0.1, -0.05) is 6.08 Å². The number of rotatable bonds is 1. The van der Waals surface area contributed by atoms with Gasteiger partial charge in [0.05, 0.1) is 4.92 Å². The Bertz CT molecular complexity index is 208. The van der Waals surface area contributed by atoms with E-state index < -0.39 is 4.92 Å². The molecule has 1 atom stereocenters. The number of allylic oxidation sites excluding steroid dienone is 1. The number of nitrogens with zero attached hydrogens (tertiary/aromatic N) is 1. The first-order valence-electron chi connectivity index (χ1n) is 2.98. The molecule has 4 heteroatoms. The molecular weight excluding hydrogens is 132 g/mol. The summed E-state index contributed by atoms with van der Waals surface area (Å²) in [6, 6.07) is -0.0521. The third-order valence-corrected chi connectivity index (χ3v) is 1.32. The summed E-state index contributed by atoms with van der Waals surface area (Å²) in [6.45, 7) is 0. The minimum atomic E-state index is -0.414. The van der Waals surface area contributed by atoms with Gasteiger partial charge in [0.15, 0.2) is 0 Å². The van der Waals surface area contributed by atoms with Crippen molar-refractivity contribution in [1.82, 2.24) is 0 Å². The lowest BCUT2D eigenvalue weighted by atomic mass is 10.1. The van der Waals surface area contributed by atoms with Crippen LogP contribution in [0, 0.1) is 10.1 Å². The average molecular weight is 140 g/mol. The Morgan fingerprint density at radius 1 is 1.80 bits per heavy atom. The molecule has 0 bridgehead atoms. The summed E-state index contributed by atoms with van der Waals surface area (Å²) in [4.78, 5) is 9.69. The first-order valence-corrected chi connectivity index (χ1v) is 2.98. The zero-order chi connectivity index (χ0) is 7.56. The normalized spacial score (nSPS) is 24.1. The maximum atomic E-state index is 10.1. The molecule has 0 aromatic carbocycles. The maximum Gasteiger partial charge on any atom is 0.265 e. The van der Waals surface area contributed by atoms with Crippen LogP contribution in [0.2, 0.25) is 0 Å². The predicted molar refractivity (Wildman–Crippen MR) is 36.8 cm³/mol. The molecule has 0 spiro atoms. The first-order chi connectivity index (χ1) is 4.70. The quantitative estimate of drug-likeness (QED) is 0.424. The highest BCUT2D eigenvalue weighted by Crippen LogP contribution is 2.08. The molecule has 54 valence electrons. The molecule has 0 saturated heterocycles. The van der Waals surface area contributed by atoms with Gasteiger partial charge in [-0.25, -0.2) is 0 Å². The van der Waals surface area contributed by atoms with Crippen LogP contribution in [0.4, 0.5) is 0 Å². The van der Waals surface area contributed by atoms with E-state index in [1.807, 2.05) is 0 Å². The highest BCUT2D eigenvalue weighted by Gasteiger charge is 2.11. The highest BCUT2D eigenvalue weighted by atomic mass is 16.6. The van der Waals surface area contributed by atoms with Gasteiger partial charge in [-0.2, -0.15) is 0 Å². The third-order valence-electron chi connectivity index (χ3n) is 1.32. The second-order valence-electron chi connectivity index (χ2n) is 2.14. The van der Waals surface area contributed by atoms with Crippen molar-refractivity contribution in [2.24, 2.45) is 5.73 Å². The largest absolute Gasteiger partial charge is 0.324 e. The Labute approximate surface area is 58.2 Å². The Hall–Kier alpha value is -1.16. The van der Waals surface area contributed by atoms with E-state index in [2.05, 4.69) is 0 Å². The van der Waals surface area contributed by atoms with Gasteiger partial charge in [0.25, 0.3) is 5.70 Å². The lowest BCUT2D eigenvalue weighted by Gasteiger charge is -2.05. The van der Waals surface area contributed by atoms with Crippen LogP contribution in [0.5, 0.6) is 0 Å². The SMILES string of the molecule is NC1C=CC([N+](=O)[O-])=CC1. The third kappa shape index (κ3) is 1.41. The second-order valence-corrected chi connectivity index (χ2v) is 2.14. The number of nitro groups is 1. The van der Waals surface area contributed by atoms with Gasteiger partial charge in [0.1, 0.15) is 0 Å². The number of hydrogen-bond acceptors (Lipinski definition) is 3. The van der Waals surface area contributed by atoms with Crippen LogP contribution in [0.15, 0.2) is 23.9 Å². The van der Waals surface area contributed by atoms with Crippen molar-refractivity contribution in [3.05, 3.63) is 34.0 Å². The van der Waals surface area contributed by atoms with Crippen molar-refractivity contribution in [3.8, 4) is 0 Å². The van der Waals surface area contributed by atoms with E-state index in [0.29, 0.717) is 6.42 Å². The van der Waals surface area contributed by atoms with Gasteiger partial charge in [-0.15, -0.1) is 0 Å². The molecular formula is C6H8N2O2. The molecule has 1 unspecified atom stereocenters. The summed E-state index contributed by atoms with van der Waals surface area (Å²) >= 11 is 0. The Balaban J connectivity index is 2.67. The van der Waals surface area contributed by atoms with Gasteiger partial charge >= 0.3 is 0 Å². The highest BCUT2D eigenvalue weighted by molar-refractivity contribution is 5.18. The smallest absolute Gasteiger partial charge is 0.265 e. The van der Waals surface area contributed by atoms with Crippen LogP contribution in [0.3, 0.4) is 0 Å². The van der Waals surface area contributed by atoms with Crippen molar-refractivity contribution in [3.63, 3.8) is 0 Å². The molecule has 2 N–H and O–H groups in total. The van der Waals surface area contributed by atoms with Gasteiger partial charge in [0, 0.05) is 12.1 Å². The van der Waals surface area contributed by atoms with E-state index in [1.165, 1.54) is 12.2 Å². The van der Waals surface area contributed by atoms with Gasteiger partial charge in [-0.3, -0.25) is 10.1 Å². The second kappa shape index (κ2) is 2.62. The van der Waals surface area contributed by atoms with E-state index in [4.69, 9.17) is 5.73 Å². The lowest BCUT2D eigenvalue weighted by molar-refractivity contribution is -0.419. The van der Waals surface area contributed by atoms with Crippen molar-refractivity contribution in [2.45, 2.75) is 12.5 Å². The lowest BCUT2D eigenvalue weighted by Crippen LogP contribution is -2.18. The van der Waals surface area contributed by atoms with Crippen LogP contribution in [-0.4, -0.2) is 11.0 Å². The maximum absolute atomic E-state index is 10.1. The van der Waals surface area contributed by atoms with Crippen LogP contribution >= 0.6 is 0 Å². The standard InChI is InChI=1S/C6H8N2O2/c7-5-1-3-6(4-2-5)8(9)10/h1,3-5H,2,7H2. The topological polar surface area (TPSA) is 69.2 Å². The number of nitrogens with two attached hydrogens (primary N) is 1. The summed E-state index contributed by atoms with van der Waals surface area (Å²) in [6.07, 6.45) is 5.17. The van der Waals surface area contributed by atoms with E-state index in [-0.39, 0.29) is 11.7 Å². The van der Waals surface area contributed by atoms with Crippen LogP contribution in [0.25, 0.3) is 0 Å². The zero-order valence-electron chi connectivity index (χ0n) is 5.36. The monoisotopic (exact) mass is 140 g/mol. The summed E-state index contributed by atoms with van der Waals surface area (Å²) in [7, 11) is 0. The van der Waals surface area contributed by atoms with E-state index in [9.17, 15) is 10.1 Å². The van der Waals surface area contributed by atoms with Gasteiger partial charge in [0.2, 0.25) is 0 Å².